The monoisotopic (exact) mass is 341 g/mol. The highest BCUT2D eigenvalue weighted by Gasteiger charge is 2.30. The Morgan fingerprint density at radius 3 is 2.13 bits per heavy atom. The molecule has 128 valence electrons. The van der Waals surface area contributed by atoms with E-state index in [1.54, 1.807) is 24.3 Å². The summed E-state index contributed by atoms with van der Waals surface area (Å²) in [7, 11) is 0. The zero-order valence-electron chi connectivity index (χ0n) is 13.5. The van der Waals surface area contributed by atoms with Crippen molar-refractivity contribution < 1.29 is 19.8 Å². The molecule has 1 atom stereocenters. The van der Waals surface area contributed by atoms with Gasteiger partial charge in [-0.3, -0.25) is 4.79 Å². The Kier molecular flexibility index (Phi) is 7.52. The number of rotatable bonds is 9. The Bertz CT molecular complexity index is 524. The molecule has 1 aromatic carbocycles. The first-order valence-corrected chi connectivity index (χ1v) is 8.19. The molecule has 1 unspecified atom stereocenters. The molecule has 0 aliphatic rings. The zero-order valence-corrected chi connectivity index (χ0v) is 14.3. The molecule has 0 radical (unpaired) electrons. The fourth-order valence-corrected chi connectivity index (χ4v) is 2.81. The number of benzene rings is 1. The van der Waals surface area contributed by atoms with Gasteiger partial charge in [-0.1, -0.05) is 50.4 Å². The molecule has 23 heavy (non-hydrogen) atoms. The molecule has 1 rings (SSSR count). The van der Waals surface area contributed by atoms with Gasteiger partial charge in [0.05, 0.1) is 12.0 Å². The van der Waals surface area contributed by atoms with E-state index in [1.807, 2.05) is 13.8 Å². The minimum Gasteiger partial charge on any atom is -0.479 e. The predicted molar refractivity (Wildman–Crippen MR) is 89.4 cm³/mol. The molecule has 0 aromatic heterocycles. The average molecular weight is 342 g/mol. The summed E-state index contributed by atoms with van der Waals surface area (Å²) in [5.74, 6) is -1.63. The molecule has 6 heteroatoms. The number of carbonyl (C=O) groups is 2. The standard InChI is InChI=1S/C17H24ClNO4/c1-3-9-17(23,10-4-2)11-14(20)19-15(16(21)22)12-5-7-13(18)8-6-12/h5-8,15,23H,3-4,9-11H2,1-2H3,(H,19,20)(H,21,22). The molecule has 1 aromatic rings. The van der Waals surface area contributed by atoms with Crippen LogP contribution in [0.2, 0.25) is 5.02 Å². The smallest absolute Gasteiger partial charge is 0.330 e. The number of aliphatic carboxylic acids is 1. The molecule has 0 aliphatic carbocycles. The first-order chi connectivity index (χ1) is 10.8. The van der Waals surface area contributed by atoms with Crippen molar-refractivity contribution in [3.8, 4) is 0 Å². The number of halogens is 1. The van der Waals surface area contributed by atoms with Crippen molar-refractivity contribution in [1.82, 2.24) is 5.32 Å². The fraction of sp³-hybridized carbons (Fsp3) is 0.529. The summed E-state index contributed by atoms with van der Waals surface area (Å²) in [6.45, 7) is 3.87. The number of hydrogen-bond donors (Lipinski definition) is 3. The highest BCUT2D eigenvalue weighted by molar-refractivity contribution is 6.30. The van der Waals surface area contributed by atoms with E-state index in [-0.39, 0.29) is 6.42 Å². The van der Waals surface area contributed by atoms with Gasteiger partial charge < -0.3 is 15.5 Å². The number of aliphatic hydroxyl groups is 1. The number of carbonyl (C=O) groups excluding carboxylic acids is 1. The Morgan fingerprint density at radius 1 is 1.17 bits per heavy atom. The SMILES string of the molecule is CCCC(O)(CCC)CC(=O)NC(C(=O)O)c1ccc(Cl)cc1. The minimum absolute atomic E-state index is 0.105. The van der Waals surface area contributed by atoms with E-state index in [1.165, 1.54) is 0 Å². The summed E-state index contributed by atoms with van der Waals surface area (Å²) in [6.07, 6.45) is 2.42. The molecular formula is C17H24ClNO4. The van der Waals surface area contributed by atoms with Crippen LogP contribution in [0.3, 0.4) is 0 Å². The summed E-state index contributed by atoms with van der Waals surface area (Å²) in [6, 6.07) is 5.11. The van der Waals surface area contributed by atoms with Gasteiger partial charge in [-0.25, -0.2) is 4.79 Å². The third-order valence-electron chi connectivity index (χ3n) is 3.68. The minimum atomic E-state index is -1.16. The third-order valence-corrected chi connectivity index (χ3v) is 3.93. The van der Waals surface area contributed by atoms with Crippen LogP contribution in [0.1, 0.15) is 57.6 Å². The molecule has 0 spiro atoms. The van der Waals surface area contributed by atoms with Crippen LogP contribution >= 0.6 is 11.6 Å². The van der Waals surface area contributed by atoms with Gasteiger partial charge >= 0.3 is 5.97 Å². The summed E-state index contributed by atoms with van der Waals surface area (Å²) < 4.78 is 0. The van der Waals surface area contributed by atoms with Crippen LogP contribution in [0.5, 0.6) is 0 Å². The van der Waals surface area contributed by atoms with Crippen LogP contribution in [0, 0.1) is 0 Å². The summed E-state index contributed by atoms with van der Waals surface area (Å²) in [5, 5.41) is 22.8. The lowest BCUT2D eigenvalue weighted by Gasteiger charge is -2.27. The number of hydrogen-bond acceptors (Lipinski definition) is 3. The van der Waals surface area contributed by atoms with Gasteiger partial charge in [-0.15, -0.1) is 0 Å². The molecule has 0 aliphatic heterocycles. The van der Waals surface area contributed by atoms with Gasteiger partial charge in [0.15, 0.2) is 6.04 Å². The number of carboxylic acid groups (broad SMARTS) is 1. The van der Waals surface area contributed by atoms with Crippen molar-refractivity contribution in [3.05, 3.63) is 34.9 Å². The van der Waals surface area contributed by atoms with Gasteiger partial charge in [-0.2, -0.15) is 0 Å². The molecule has 0 fully saturated rings. The normalized spacial score (nSPS) is 12.7. The van der Waals surface area contributed by atoms with Crippen LogP contribution < -0.4 is 5.32 Å². The number of amides is 1. The lowest BCUT2D eigenvalue weighted by atomic mass is 9.89. The number of nitrogens with one attached hydrogen (secondary N) is 1. The highest BCUT2D eigenvalue weighted by atomic mass is 35.5. The van der Waals surface area contributed by atoms with Gasteiger partial charge in [0, 0.05) is 5.02 Å². The zero-order chi connectivity index (χ0) is 17.5. The quantitative estimate of drug-likeness (QED) is 0.643. The van der Waals surface area contributed by atoms with Gasteiger partial charge in [0.2, 0.25) is 5.91 Å². The lowest BCUT2D eigenvalue weighted by molar-refractivity contribution is -0.143. The molecule has 1 amide bonds. The Balaban J connectivity index is 2.82. The van der Waals surface area contributed by atoms with E-state index in [9.17, 15) is 19.8 Å². The van der Waals surface area contributed by atoms with Crippen LogP contribution in [-0.2, 0) is 9.59 Å². The predicted octanol–water partition coefficient (Wildman–Crippen LogP) is 3.30. The molecule has 3 N–H and O–H groups in total. The topological polar surface area (TPSA) is 86.6 Å². The van der Waals surface area contributed by atoms with Crippen molar-refractivity contribution in [3.63, 3.8) is 0 Å². The summed E-state index contributed by atoms with van der Waals surface area (Å²) in [5.41, 5.74) is -0.652. The Labute approximate surface area is 141 Å². The Morgan fingerprint density at radius 2 is 1.70 bits per heavy atom. The summed E-state index contributed by atoms with van der Waals surface area (Å²) in [4.78, 5) is 23.6. The van der Waals surface area contributed by atoms with Crippen LogP contribution in [-0.4, -0.2) is 27.7 Å². The maximum atomic E-state index is 12.2. The molecule has 0 heterocycles. The van der Waals surface area contributed by atoms with Crippen molar-refractivity contribution in [2.75, 3.05) is 0 Å². The lowest BCUT2D eigenvalue weighted by Crippen LogP contribution is -2.40. The molecule has 0 bridgehead atoms. The van der Waals surface area contributed by atoms with Crippen LogP contribution in [0.25, 0.3) is 0 Å². The first kappa shape index (κ1) is 19.5. The second-order valence-electron chi connectivity index (χ2n) is 5.79. The van der Waals surface area contributed by atoms with E-state index in [4.69, 9.17) is 11.6 Å². The fourth-order valence-electron chi connectivity index (χ4n) is 2.69. The van der Waals surface area contributed by atoms with E-state index in [0.29, 0.717) is 23.4 Å². The van der Waals surface area contributed by atoms with Crippen LogP contribution in [0.4, 0.5) is 0 Å². The Hall–Kier alpha value is -1.59. The van der Waals surface area contributed by atoms with E-state index < -0.39 is 23.5 Å². The maximum Gasteiger partial charge on any atom is 0.330 e. The van der Waals surface area contributed by atoms with Crippen LogP contribution in [0.15, 0.2) is 24.3 Å². The molecule has 5 nitrogen and oxygen atoms in total. The molecule has 0 saturated heterocycles. The second kappa shape index (κ2) is 8.89. The third kappa shape index (κ3) is 6.20. The number of carboxylic acids is 1. The van der Waals surface area contributed by atoms with Crippen molar-refractivity contribution in [2.45, 2.75) is 57.6 Å². The first-order valence-electron chi connectivity index (χ1n) is 7.81. The van der Waals surface area contributed by atoms with E-state index in [2.05, 4.69) is 5.32 Å². The summed E-state index contributed by atoms with van der Waals surface area (Å²) >= 11 is 5.79. The maximum absolute atomic E-state index is 12.2. The highest BCUT2D eigenvalue weighted by Crippen LogP contribution is 2.24. The molecular weight excluding hydrogens is 318 g/mol. The van der Waals surface area contributed by atoms with Crippen molar-refractivity contribution in [2.24, 2.45) is 0 Å². The van der Waals surface area contributed by atoms with Gasteiger partial charge in [0.25, 0.3) is 0 Å². The van der Waals surface area contributed by atoms with Gasteiger partial charge in [-0.05, 0) is 30.5 Å². The van der Waals surface area contributed by atoms with Gasteiger partial charge in [0.1, 0.15) is 0 Å². The largest absolute Gasteiger partial charge is 0.479 e. The average Bonchev–Trinajstić information content (AvgIpc) is 2.46. The second-order valence-corrected chi connectivity index (χ2v) is 6.23. The van der Waals surface area contributed by atoms with Crippen molar-refractivity contribution in [1.29, 1.82) is 0 Å². The molecule has 0 saturated carbocycles. The van der Waals surface area contributed by atoms with E-state index >= 15 is 0 Å². The van der Waals surface area contributed by atoms with E-state index in [0.717, 1.165) is 12.8 Å². The van der Waals surface area contributed by atoms with Crippen molar-refractivity contribution >= 4 is 23.5 Å².